The van der Waals surface area contributed by atoms with Crippen LogP contribution >= 0.6 is 15.6 Å². The fourth-order valence-corrected chi connectivity index (χ4v) is 13.9. The molecule has 5 unspecified atom stereocenters. The zero-order valence-electron chi connectivity index (χ0n) is 70.6. The first-order valence-corrected chi connectivity index (χ1v) is 47.8. The van der Waals surface area contributed by atoms with Crippen LogP contribution in [0.25, 0.3) is 0 Å². The van der Waals surface area contributed by atoms with Crippen molar-refractivity contribution in [3.8, 4) is 0 Å². The van der Waals surface area contributed by atoms with Crippen LogP contribution in [0.15, 0.2) is 122 Å². The standard InChI is InChI=1S/C93H164O16P2/c1-4-7-10-13-16-19-22-25-27-29-31-33-35-37-39-41-42-43-44-46-48-49-51-53-55-57-59-62-64-67-70-73-76-79-91(96)103-82-88(94)83-105-110(99,100)106-84-89(95)85-107-111(101,102)108-87-90(109-93(98)81-78-75-72-69-66-61-24-21-18-15-12-9-6-3)86-104-92(97)80-77-74-71-68-65-63-60-58-56-54-52-50-47-45-40-38-36-34-32-30-28-26-23-20-17-14-11-8-5-2/h8,11,16-17,19-21,24-28,31-34,37-40,88-90,94-95H,4-7,9-10,12-15,18,22-23,29-30,35-36,41-87H2,1-3H3,(H,99,100)(H,101,102)/b11-8-,19-16-,20-17-,24-21-,27-25-,28-26-,33-31-,34-32-,39-37-,40-38-. The summed E-state index contributed by atoms with van der Waals surface area (Å²) >= 11 is 0. The molecule has 5 atom stereocenters. The number of phosphoric ester groups is 2. The molecule has 0 radical (unpaired) electrons. The maximum Gasteiger partial charge on any atom is 0.472 e. The first kappa shape index (κ1) is 107. The molecule has 0 rings (SSSR count). The number of carbonyl (C=O) groups is 3. The Hall–Kier alpha value is -4.05. The van der Waals surface area contributed by atoms with Crippen molar-refractivity contribution >= 4 is 33.6 Å². The molecule has 0 aromatic carbocycles. The minimum absolute atomic E-state index is 0.0948. The Kier molecular flexibility index (Phi) is 82.2. The normalized spacial score (nSPS) is 14.4. The second-order valence-electron chi connectivity index (χ2n) is 30.0. The lowest BCUT2D eigenvalue weighted by Crippen LogP contribution is -2.30. The molecule has 0 aromatic rings. The molecule has 642 valence electrons. The third-order valence-electron chi connectivity index (χ3n) is 19.1. The van der Waals surface area contributed by atoms with Crippen LogP contribution < -0.4 is 0 Å². The Labute approximate surface area is 678 Å². The van der Waals surface area contributed by atoms with Gasteiger partial charge in [-0.1, -0.05) is 361 Å². The lowest BCUT2D eigenvalue weighted by atomic mass is 10.0. The van der Waals surface area contributed by atoms with E-state index in [-0.39, 0.29) is 19.3 Å². The molecule has 0 aliphatic heterocycles. The quantitative estimate of drug-likeness (QED) is 0.0146. The number of hydrogen-bond donors (Lipinski definition) is 4. The summed E-state index contributed by atoms with van der Waals surface area (Å²) in [7, 11) is -9.79. The third kappa shape index (κ3) is 86.6. The number of phosphoric acid groups is 2. The van der Waals surface area contributed by atoms with Crippen LogP contribution in [-0.4, -0.2) is 95.9 Å². The molecule has 0 aromatic heterocycles. The van der Waals surface area contributed by atoms with Crippen LogP contribution in [0.2, 0.25) is 0 Å². The summed E-state index contributed by atoms with van der Waals surface area (Å²) in [6.45, 7) is 2.57. The topological polar surface area (TPSA) is 231 Å². The van der Waals surface area contributed by atoms with E-state index < -0.39 is 91.5 Å². The van der Waals surface area contributed by atoms with Crippen molar-refractivity contribution in [1.82, 2.24) is 0 Å². The van der Waals surface area contributed by atoms with E-state index in [4.69, 9.17) is 32.3 Å². The largest absolute Gasteiger partial charge is 0.472 e. The summed E-state index contributed by atoms with van der Waals surface area (Å²) in [5.74, 6) is -1.57. The minimum atomic E-state index is -4.93. The second-order valence-corrected chi connectivity index (χ2v) is 32.9. The Morgan fingerprint density at radius 3 is 0.784 bits per heavy atom. The summed E-state index contributed by atoms with van der Waals surface area (Å²) in [6.07, 6.45) is 104. The zero-order chi connectivity index (χ0) is 80.8. The molecule has 0 amide bonds. The second kappa shape index (κ2) is 85.3. The van der Waals surface area contributed by atoms with Crippen molar-refractivity contribution in [3.05, 3.63) is 122 Å². The minimum Gasteiger partial charge on any atom is -0.463 e. The highest BCUT2D eigenvalue weighted by molar-refractivity contribution is 7.47. The van der Waals surface area contributed by atoms with E-state index in [9.17, 15) is 43.5 Å². The van der Waals surface area contributed by atoms with E-state index in [1.165, 1.54) is 199 Å². The summed E-state index contributed by atoms with van der Waals surface area (Å²) in [4.78, 5) is 58.8. The van der Waals surface area contributed by atoms with Gasteiger partial charge in [-0.15, -0.1) is 0 Å². The predicted octanol–water partition coefficient (Wildman–Crippen LogP) is 27.2. The number of unbranched alkanes of at least 4 members (excludes halogenated alkanes) is 42. The van der Waals surface area contributed by atoms with Gasteiger partial charge in [-0.05, 0) is 135 Å². The first-order valence-electron chi connectivity index (χ1n) is 44.8. The zero-order valence-corrected chi connectivity index (χ0v) is 72.4. The molecular weight excluding hydrogens is 1430 g/mol. The van der Waals surface area contributed by atoms with E-state index in [0.717, 1.165) is 135 Å². The van der Waals surface area contributed by atoms with E-state index >= 15 is 0 Å². The fraction of sp³-hybridized carbons (Fsp3) is 0.753. The molecule has 0 heterocycles. The maximum absolute atomic E-state index is 13.0. The Balaban J connectivity index is 4.40. The summed E-state index contributed by atoms with van der Waals surface area (Å²) < 4.78 is 61.3. The van der Waals surface area contributed by atoms with Crippen LogP contribution in [0.5, 0.6) is 0 Å². The van der Waals surface area contributed by atoms with Gasteiger partial charge < -0.3 is 34.2 Å². The van der Waals surface area contributed by atoms with Gasteiger partial charge >= 0.3 is 33.6 Å². The van der Waals surface area contributed by atoms with Gasteiger partial charge in [0.1, 0.15) is 25.4 Å². The van der Waals surface area contributed by atoms with Gasteiger partial charge in [0.25, 0.3) is 0 Å². The van der Waals surface area contributed by atoms with E-state index in [0.29, 0.717) is 19.3 Å². The number of aliphatic hydroxyl groups excluding tert-OH is 2. The molecule has 0 bridgehead atoms. The molecule has 0 fully saturated rings. The molecule has 0 spiro atoms. The average molecular weight is 1600 g/mol. The molecule has 18 heteroatoms. The molecule has 0 aliphatic carbocycles. The fourth-order valence-electron chi connectivity index (χ4n) is 12.3. The number of rotatable bonds is 85. The highest BCUT2D eigenvalue weighted by Gasteiger charge is 2.29. The molecule has 0 saturated heterocycles. The number of esters is 3. The van der Waals surface area contributed by atoms with E-state index in [1.807, 2.05) is 0 Å². The van der Waals surface area contributed by atoms with Crippen molar-refractivity contribution < 1.29 is 75.8 Å². The maximum atomic E-state index is 13.0. The van der Waals surface area contributed by atoms with Crippen LogP contribution in [0.3, 0.4) is 0 Å². The highest BCUT2D eigenvalue weighted by atomic mass is 31.2. The van der Waals surface area contributed by atoms with Gasteiger partial charge in [-0.2, -0.15) is 0 Å². The lowest BCUT2D eigenvalue weighted by molar-refractivity contribution is -0.161. The SMILES string of the molecule is CC/C=C\C/C=C\C/C=C\C/C=C\C/C=C\CCCCCCCCCCCCCCCC(=O)OCC(COP(=O)(O)OCC(O)COP(=O)(O)OCC(O)COC(=O)CCCCCCCCCCCCCCCCCCC/C=C\C/C=C\C/C=C\C/C=C\CCCCC)OC(=O)CCCCCCC/C=C\CCCCCC. The van der Waals surface area contributed by atoms with E-state index in [1.54, 1.807) is 0 Å². The molecular formula is C93H164O16P2. The van der Waals surface area contributed by atoms with Crippen LogP contribution in [0, 0.1) is 0 Å². The van der Waals surface area contributed by atoms with Gasteiger partial charge in [-0.25, -0.2) is 9.13 Å². The molecule has 0 aliphatic rings. The number of ether oxygens (including phenoxy) is 3. The van der Waals surface area contributed by atoms with Gasteiger partial charge in [0.15, 0.2) is 6.10 Å². The number of allylic oxidation sites excluding steroid dienone is 20. The van der Waals surface area contributed by atoms with Gasteiger partial charge in [0, 0.05) is 19.3 Å². The van der Waals surface area contributed by atoms with Crippen molar-refractivity contribution in [1.29, 1.82) is 0 Å². The van der Waals surface area contributed by atoms with Gasteiger partial charge in [0.05, 0.1) is 26.4 Å². The highest BCUT2D eigenvalue weighted by Crippen LogP contribution is 2.45. The van der Waals surface area contributed by atoms with Crippen LogP contribution in [-0.2, 0) is 55.8 Å². The summed E-state index contributed by atoms with van der Waals surface area (Å²) in [6, 6.07) is 0. The Morgan fingerprint density at radius 2 is 0.477 bits per heavy atom. The molecule has 111 heavy (non-hydrogen) atoms. The van der Waals surface area contributed by atoms with Crippen molar-refractivity contribution in [3.63, 3.8) is 0 Å². The molecule has 0 saturated carbocycles. The van der Waals surface area contributed by atoms with Gasteiger partial charge in [-0.3, -0.25) is 32.5 Å². The smallest absolute Gasteiger partial charge is 0.463 e. The van der Waals surface area contributed by atoms with E-state index in [2.05, 4.69) is 142 Å². The number of carbonyl (C=O) groups excluding carboxylic acids is 3. The van der Waals surface area contributed by atoms with Crippen molar-refractivity contribution in [2.75, 3.05) is 39.6 Å². The van der Waals surface area contributed by atoms with Crippen molar-refractivity contribution in [2.24, 2.45) is 0 Å². The third-order valence-corrected chi connectivity index (χ3v) is 21.0. The first-order chi connectivity index (χ1) is 54.2. The van der Waals surface area contributed by atoms with Crippen LogP contribution in [0.4, 0.5) is 0 Å². The Bertz CT molecular complexity index is 2500. The Morgan fingerprint density at radius 1 is 0.261 bits per heavy atom. The summed E-state index contributed by atoms with van der Waals surface area (Å²) in [5, 5.41) is 20.7. The summed E-state index contributed by atoms with van der Waals surface area (Å²) in [5.41, 5.74) is 0. The monoisotopic (exact) mass is 1600 g/mol. The lowest BCUT2D eigenvalue weighted by Gasteiger charge is -2.21. The van der Waals surface area contributed by atoms with Crippen molar-refractivity contribution in [2.45, 2.75) is 411 Å². The predicted molar refractivity (Wildman–Crippen MR) is 463 cm³/mol. The average Bonchev–Trinajstić information content (AvgIpc) is 0.900. The molecule has 4 N–H and O–H groups in total. The van der Waals surface area contributed by atoms with Gasteiger partial charge in [0.2, 0.25) is 0 Å². The molecule has 16 nitrogen and oxygen atoms in total. The number of hydrogen-bond acceptors (Lipinski definition) is 14. The van der Waals surface area contributed by atoms with Crippen LogP contribution in [0.1, 0.15) is 393 Å². The number of aliphatic hydroxyl groups is 2.